The molecular formula is C24H15BrN4O3S2. The summed E-state index contributed by atoms with van der Waals surface area (Å²) in [6, 6.07) is 19.7. The number of nitrogens with zero attached hydrogens (tertiary/aromatic N) is 4. The van der Waals surface area contributed by atoms with E-state index in [2.05, 4.69) is 26.0 Å². The van der Waals surface area contributed by atoms with Gasteiger partial charge in [-0.05, 0) is 54.4 Å². The third-order valence-corrected chi connectivity index (χ3v) is 7.65. The molecule has 0 radical (unpaired) electrons. The maximum absolute atomic E-state index is 13.6. The van der Waals surface area contributed by atoms with Crippen LogP contribution in [0.4, 0.5) is 10.8 Å². The van der Waals surface area contributed by atoms with Crippen molar-refractivity contribution in [1.29, 1.82) is 0 Å². The quantitative estimate of drug-likeness (QED) is 0.132. The third kappa shape index (κ3) is 4.47. The molecule has 0 aliphatic carbocycles. The fraction of sp³-hybridized carbons (Fsp3) is 0.0417. The molecule has 0 unspecified atom stereocenters. The van der Waals surface area contributed by atoms with Crippen LogP contribution in [0.2, 0.25) is 0 Å². The lowest BCUT2D eigenvalue weighted by molar-refractivity contribution is -0.384. The van der Waals surface area contributed by atoms with Crippen molar-refractivity contribution >= 4 is 81.8 Å². The lowest BCUT2D eigenvalue weighted by Gasteiger charge is -2.12. The molecule has 5 rings (SSSR count). The summed E-state index contributed by atoms with van der Waals surface area (Å²) in [5.74, 6) is -0.354. The molecule has 0 saturated heterocycles. The topological polar surface area (TPSA) is 88.7 Å². The van der Waals surface area contributed by atoms with Crippen LogP contribution in [-0.2, 0) is 0 Å². The molecule has 0 bridgehead atoms. The number of carbonyl (C=O) groups excluding carboxylic acids is 1. The molecule has 0 aliphatic heterocycles. The number of amides is 1. The zero-order valence-corrected chi connectivity index (χ0v) is 20.9. The Hall–Kier alpha value is -3.47. The van der Waals surface area contributed by atoms with Crippen LogP contribution in [0, 0.1) is 17.0 Å². The number of thiophene rings is 1. The molecule has 168 valence electrons. The van der Waals surface area contributed by atoms with Crippen molar-refractivity contribution in [1.82, 2.24) is 4.98 Å². The number of anilines is 1. The van der Waals surface area contributed by atoms with Gasteiger partial charge in [0, 0.05) is 26.7 Å². The van der Waals surface area contributed by atoms with Crippen molar-refractivity contribution in [3.8, 4) is 0 Å². The van der Waals surface area contributed by atoms with E-state index in [1.165, 1.54) is 39.8 Å². The normalized spacial score (nSPS) is 11.5. The van der Waals surface area contributed by atoms with Crippen LogP contribution in [0.1, 0.15) is 20.8 Å². The van der Waals surface area contributed by atoms with Crippen molar-refractivity contribution in [2.75, 3.05) is 5.01 Å². The van der Waals surface area contributed by atoms with E-state index in [4.69, 9.17) is 0 Å². The summed E-state index contributed by atoms with van der Waals surface area (Å²) in [7, 11) is 0. The molecule has 5 aromatic rings. The monoisotopic (exact) mass is 550 g/mol. The van der Waals surface area contributed by atoms with Gasteiger partial charge in [0.2, 0.25) is 5.13 Å². The summed E-state index contributed by atoms with van der Waals surface area (Å²) in [4.78, 5) is 29.3. The van der Waals surface area contributed by atoms with Crippen LogP contribution in [0.3, 0.4) is 0 Å². The first-order valence-electron chi connectivity index (χ1n) is 10.1. The van der Waals surface area contributed by atoms with Crippen molar-refractivity contribution < 1.29 is 9.72 Å². The molecule has 2 aromatic heterocycles. The average Bonchev–Trinajstić information content (AvgIpc) is 3.43. The Kier molecular flexibility index (Phi) is 5.94. The number of non-ortho nitro benzene ring substituents is 1. The second kappa shape index (κ2) is 9.05. The van der Waals surface area contributed by atoms with Gasteiger partial charge in [-0.1, -0.05) is 45.5 Å². The number of hydrogen-bond acceptors (Lipinski definition) is 7. The first kappa shape index (κ1) is 22.3. The van der Waals surface area contributed by atoms with Gasteiger partial charge in [-0.25, -0.2) is 4.98 Å². The average molecular weight is 551 g/mol. The van der Waals surface area contributed by atoms with Crippen LogP contribution in [0.15, 0.2) is 76.3 Å². The highest BCUT2D eigenvalue weighted by Gasteiger charge is 2.23. The van der Waals surface area contributed by atoms with Crippen molar-refractivity contribution in [3.63, 3.8) is 0 Å². The zero-order valence-electron chi connectivity index (χ0n) is 17.6. The van der Waals surface area contributed by atoms with Crippen LogP contribution in [0.5, 0.6) is 0 Å². The van der Waals surface area contributed by atoms with E-state index in [-0.39, 0.29) is 11.6 Å². The number of nitro benzene ring substituents is 1. The molecule has 7 nitrogen and oxygen atoms in total. The Bertz CT molecular complexity index is 1590. The summed E-state index contributed by atoms with van der Waals surface area (Å²) < 4.78 is 2.68. The second-order valence-corrected chi connectivity index (χ2v) is 10.5. The van der Waals surface area contributed by atoms with Gasteiger partial charge >= 0.3 is 0 Å². The smallest absolute Gasteiger partial charge is 0.266 e. The van der Waals surface area contributed by atoms with E-state index in [0.717, 1.165) is 30.5 Å². The fourth-order valence-electron chi connectivity index (χ4n) is 3.33. The van der Waals surface area contributed by atoms with Gasteiger partial charge in [0.15, 0.2) is 0 Å². The number of thiazole rings is 1. The molecule has 2 heterocycles. The highest BCUT2D eigenvalue weighted by Crippen LogP contribution is 2.34. The number of aryl methyl sites for hydroxylation is 1. The molecule has 0 aliphatic rings. The molecule has 1 amide bonds. The molecule has 0 atom stereocenters. The molecule has 0 N–H and O–H groups in total. The minimum absolute atomic E-state index is 0.0176. The first-order valence-corrected chi connectivity index (χ1v) is 12.5. The molecule has 10 heteroatoms. The van der Waals surface area contributed by atoms with Gasteiger partial charge in [0.05, 0.1) is 26.2 Å². The number of hydrogen-bond donors (Lipinski definition) is 0. The van der Waals surface area contributed by atoms with Crippen LogP contribution < -0.4 is 5.01 Å². The minimum Gasteiger partial charge on any atom is -0.266 e. The molecule has 0 spiro atoms. The molecule has 34 heavy (non-hydrogen) atoms. The number of aromatic nitrogens is 1. The van der Waals surface area contributed by atoms with E-state index >= 15 is 0 Å². The van der Waals surface area contributed by atoms with Crippen LogP contribution in [0.25, 0.3) is 20.3 Å². The Morgan fingerprint density at radius 3 is 2.62 bits per heavy atom. The van der Waals surface area contributed by atoms with Gasteiger partial charge < -0.3 is 0 Å². The van der Waals surface area contributed by atoms with Crippen LogP contribution in [-0.4, -0.2) is 22.0 Å². The Balaban J connectivity index is 1.57. The van der Waals surface area contributed by atoms with E-state index in [9.17, 15) is 14.9 Å². The molecule has 0 saturated carbocycles. The lowest BCUT2D eigenvalue weighted by atomic mass is 10.2. The predicted molar refractivity (Wildman–Crippen MR) is 141 cm³/mol. The summed E-state index contributed by atoms with van der Waals surface area (Å²) in [5, 5.41) is 18.0. The van der Waals surface area contributed by atoms with Crippen LogP contribution >= 0.6 is 38.6 Å². The number of carbonyl (C=O) groups is 1. The second-order valence-electron chi connectivity index (χ2n) is 7.47. The van der Waals surface area contributed by atoms with Gasteiger partial charge in [-0.3, -0.25) is 14.9 Å². The lowest BCUT2D eigenvalue weighted by Crippen LogP contribution is -2.24. The van der Waals surface area contributed by atoms with E-state index < -0.39 is 4.92 Å². The summed E-state index contributed by atoms with van der Waals surface area (Å²) in [6.07, 6.45) is 1.61. The molecule has 0 fully saturated rings. The number of hydrazone groups is 1. The zero-order chi connectivity index (χ0) is 23.8. The van der Waals surface area contributed by atoms with Crippen molar-refractivity contribution in [2.45, 2.75) is 6.92 Å². The van der Waals surface area contributed by atoms with Gasteiger partial charge in [-0.2, -0.15) is 10.1 Å². The number of rotatable bonds is 5. The molecule has 3 aromatic carbocycles. The number of nitro groups is 1. The summed E-state index contributed by atoms with van der Waals surface area (Å²) in [5.41, 5.74) is 2.69. The predicted octanol–water partition coefficient (Wildman–Crippen LogP) is 7.17. The minimum atomic E-state index is -0.448. The molecular weight excluding hydrogens is 536 g/mol. The maximum atomic E-state index is 13.6. The summed E-state index contributed by atoms with van der Waals surface area (Å²) >= 11 is 6.06. The standard InChI is InChI=1S/C24H15BrN4O3S2/c1-14-2-8-19-21(10-14)34-24(27-19)28(26-13-15-3-5-17(25)6-4-15)23(30)22-12-16-11-18(29(31)32)7-9-20(16)33-22/h2-13H,1H3/b26-13+. The van der Waals surface area contributed by atoms with E-state index in [1.54, 1.807) is 18.3 Å². The Labute approximate surface area is 210 Å². The third-order valence-electron chi connectivity index (χ3n) is 5.02. The number of benzene rings is 3. The SMILES string of the molecule is Cc1ccc2nc(N(/N=C/c3ccc(Br)cc3)C(=O)c3cc4cc([N+](=O)[O-])ccc4s3)sc2c1. The number of fused-ring (bicyclic) bond motifs is 2. The van der Waals surface area contributed by atoms with E-state index in [1.807, 2.05) is 49.4 Å². The largest absolute Gasteiger partial charge is 0.290 e. The summed E-state index contributed by atoms with van der Waals surface area (Å²) in [6.45, 7) is 2.00. The Morgan fingerprint density at radius 2 is 1.85 bits per heavy atom. The van der Waals surface area contributed by atoms with Crippen molar-refractivity contribution in [3.05, 3.63) is 97.3 Å². The Morgan fingerprint density at radius 1 is 1.06 bits per heavy atom. The van der Waals surface area contributed by atoms with E-state index in [0.29, 0.717) is 15.4 Å². The fourth-order valence-corrected chi connectivity index (χ4v) is 5.58. The van der Waals surface area contributed by atoms with Gasteiger partial charge in [-0.15, -0.1) is 11.3 Å². The van der Waals surface area contributed by atoms with Gasteiger partial charge in [0.25, 0.3) is 11.6 Å². The number of halogens is 1. The highest BCUT2D eigenvalue weighted by molar-refractivity contribution is 9.10. The van der Waals surface area contributed by atoms with Gasteiger partial charge in [0.1, 0.15) is 0 Å². The van der Waals surface area contributed by atoms with Crippen molar-refractivity contribution in [2.24, 2.45) is 5.10 Å². The highest BCUT2D eigenvalue weighted by atomic mass is 79.9. The maximum Gasteiger partial charge on any atom is 0.290 e. The first-order chi connectivity index (χ1) is 16.4.